The van der Waals surface area contributed by atoms with Gasteiger partial charge in [-0.2, -0.15) is 0 Å². The van der Waals surface area contributed by atoms with Gasteiger partial charge in [-0.15, -0.1) is 0 Å². The van der Waals surface area contributed by atoms with E-state index in [-0.39, 0.29) is 0 Å². The maximum Gasteiger partial charge on any atom is 0.184 e. The molecule has 0 spiro atoms. The van der Waals surface area contributed by atoms with E-state index in [0.717, 1.165) is 44.0 Å². The number of ether oxygens (including phenoxy) is 1. The van der Waals surface area contributed by atoms with Gasteiger partial charge in [0.1, 0.15) is 11.5 Å². The quantitative estimate of drug-likeness (QED) is 0.359. The molecule has 5 nitrogen and oxygen atoms in total. The van der Waals surface area contributed by atoms with Gasteiger partial charge in [0.25, 0.3) is 0 Å². The Morgan fingerprint density at radius 3 is 2.74 bits per heavy atom. The van der Waals surface area contributed by atoms with Gasteiger partial charge in [0.15, 0.2) is 5.13 Å². The first kappa shape index (κ1) is 19.9. The molecular formula is C25H26N4OS. The number of aromatic nitrogens is 3. The van der Waals surface area contributed by atoms with Gasteiger partial charge in [-0.25, -0.2) is 4.98 Å². The van der Waals surface area contributed by atoms with Gasteiger partial charge >= 0.3 is 0 Å². The van der Waals surface area contributed by atoms with Crippen molar-refractivity contribution in [1.29, 1.82) is 0 Å². The second-order valence-corrected chi connectivity index (χ2v) is 9.23. The molecule has 1 atom stereocenters. The van der Waals surface area contributed by atoms with Crippen LogP contribution in [0.25, 0.3) is 21.5 Å². The van der Waals surface area contributed by atoms with E-state index in [1.165, 1.54) is 32.1 Å². The minimum absolute atomic E-state index is 0.458. The van der Waals surface area contributed by atoms with Crippen LogP contribution >= 0.6 is 11.3 Å². The minimum Gasteiger partial charge on any atom is -0.457 e. The summed E-state index contributed by atoms with van der Waals surface area (Å²) < 4.78 is 7.25. The van der Waals surface area contributed by atoms with Crippen LogP contribution in [0.1, 0.15) is 39.0 Å². The Labute approximate surface area is 186 Å². The first-order chi connectivity index (χ1) is 15.2. The predicted molar refractivity (Wildman–Crippen MR) is 127 cm³/mol. The second kappa shape index (κ2) is 9.02. The van der Waals surface area contributed by atoms with Crippen LogP contribution in [0, 0.1) is 5.92 Å². The molecule has 5 rings (SSSR count). The summed E-state index contributed by atoms with van der Waals surface area (Å²) in [5.41, 5.74) is 2.81. The molecule has 6 heteroatoms. The Hall–Kier alpha value is -2.99. The van der Waals surface area contributed by atoms with Crippen molar-refractivity contribution in [1.82, 2.24) is 15.0 Å². The van der Waals surface area contributed by atoms with Crippen molar-refractivity contribution < 1.29 is 4.74 Å². The number of nitrogens with zero attached hydrogens (tertiary/aromatic N) is 3. The Morgan fingerprint density at radius 1 is 1.03 bits per heavy atom. The van der Waals surface area contributed by atoms with E-state index in [2.05, 4.69) is 28.3 Å². The van der Waals surface area contributed by atoms with Gasteiger partial charge in [-0.1, -0.05) is 30.6 Å². The zero-order valence-electron chi connectivity index (χ0n) is 17.6. The molecule has 4 aromatic rings. The SMILES string of the molecule is C[C@H](Nc1nc2ccc(Oc3ccnc(-c4cccnc4)c3)cc2s1)C1CCCCC1. The highest BCUT2D eigenvalue weighted by Crippen LogP contribution is 2.34. The lowest BCUT2D eigenvalue weighted by atomic mass is 9.85. The van der Waals surface area contributed by atoms with Crippen molar-refractivity contribution in [2.45, 2.75) is 45.1 Å². The average molecular weight is 431 g/mol. The maximum atomic E-state index is 6.13. The summed E-state index contributed by atoms with van der Waals surface area (Å²) in [7, 11) is 0. The first-order valence-corrected chi connectivity index (χ1v) is 11.8. The van der Waals surface area contributed by atoms with Crippen molar-refractivity contribution in [3.8, 4) is 22.8 Å². The van der Waals surface area contributed by atoms with E-state index in [4.69, 9.17) is 9.72 Å². The first-order valence-electron chi connectivity index (χ1n) is 11.0. The van der Waals surface area contributed by atoms with Crippen LogP contribution in [0.2, 0.25) is 0 Å². The smallest absolute Gasteiger partial charge is 0.184 e. The zero-order chi connectivity index (χ0) is 21.0. The van der Waals surface area contributed by atoms with Crippen molar-refractivity contribution in [2.75, 3.05) is 5.32 Å². The number of fused-ring (bicyclic) bond motifs is 1. The van der Waals surface area contributed by atoms with Crippen molar-refractivity contribution in [3.63, 3.8) is 0 Å². The van der Waals surface area contributed by atoms with Gasteiger partial charge in [0.05, 0.1) is 15.9 Å². The minimum atomic E-state index is 0.458. The Bertz CT molecular complexity index is 1150. The fourth-order valence-corrected chi connectivity index (χ4v) is 5.25. The highest BCUT2D eigenvalue weighted by atomic mass is 32.1. The van der Waals surface area contributed by atoms with Crippen LogP contribution < -0.4 is 10.1 Å². The highest BCUT2D eigenvalue weighted by molar-refractivity contribution is 7.22. The molecule has 0 bridgehead atoms. The topological polar surface area (TPSA) is 59.9 Å². The number of anilines is 1. The van der Waals surface area contributed by atoms with E-state index in [9.17, 15) is 0 Å². The number of hydrogen-bond donors (Lipinski definition) is 1. The fraction of sp³-hybridized carbons (Fsp3) is 0.320. The number of rotatable bonds is 6. The van der Waals surface area contributed by atoms with Crippen molar-refractivity contribution in [2.24, 2.45) is 5.92 Å². The molecule has 31 heavy (non-hydrogen) atoms. The van der Waals surface area contributed by atoms with Crippen LogP contribution in [0.3, 0.4) is 0 Å². The van der Waals surface area contributed by atoms with E-state index in [0.29, 0.717) is 6.04 Å². The summed E-state index contributed by atoms with van der Waals surface area (Å²) in [6, 6.07) is 14.2. The number of benzene rings is 1. The van der Waals surface area contributed by atoms with Gasteiger partial charge in [-0.3, -0.25) is 9.97 Å². The largest absolute Gasteiger partial charge is 0.457 e. The lowest BCUT2D eigenvalue weighted by molar-refractivity contribution is 0.328. The predicted octanol–water partition coefficient (Wildman–Crippen LogP) is 6.93. The van der Waals surface area contributed by atoms with Crippen molar-refractivity contribution >= 4 is 26.7 Å². The Morgan fingerprint density at radius 2 is 1.90 bits per heavy atom. The number of nitrogens with one attached hydrogen (secondary N) is 1. The summed E-state index contributed by atoms with van der Waals surface area (Å²) in [5.74, 6) is 2.30. The van der Waals surface area contributed by atoms with Gasteiger partial charge in [0.2, 0.25) is 0 Å². The third-order valence-electron chi connectivity index (χ3n) is 5.99. The molecule has 0 radical (unpaired) electrons. The van der Waals surface area contributed by atoms with E-state index in [1.54, 1.807) is 29.9 Å². The molecule has 1 aliphatic carbocycles. The summed E-state index contributed by atoms with van der Waals surface area (Å²) in [6.45, 7) is 2.29. The number of pyridine rings is 2. The molecule has 158 valence electrons. The third-order valence-corrected chi connectivity index (χ3v) is 6.94. The molecule has 1 saturated carbocycles. The highest BCUT2D eigenvalue weighted by Gasteiger charge is 2.20. The van der Waals surface area contributed by atoms with Crippen LogP contribution in [0.15, 0.2) is 61.1 Å². The Balaban J connectivity index is 1.31. The van der Waals surface area contributed by atoms with Crippen LogP contribution in [0.5, 0.6) is 11.5 Å². The molecule has 0 aliphatic heterocycles. The lowest BCUT2D eigenvalue weighted by Gasteiger charge is -2.28. The lowest BCUT2D eigenvalue weighted by Crippen LogP contribution is -2.27. The zero-order valence-corrected chi connectivity index (χ0v) is 18.4. The van der Waals surface area contributed by atoms with Gasteiger partial charge in [-0.05, 0) is 56.0 Å². The second-order valence-electron chi connectivity index (χ2n) is 8.20. The maximum absolute atomic E-state index is 6.13. The summed E-state index contributed by atoms with van der Waals surface area (Å²) in [4.78, 5) is 13.4. The molecular weight excluding hydrogens is 404 g/mol. The molecule has 0 amide bonds. The molecule has 0 saturated heterocycles. The third kappa shape index (κ3) is 4.69. The molecule has 1 N–H and O–H groups in total. The van der Waals surface area contributed by atoms with E-state index in [1.807, 2.05) is 36.4 Å². The molecule has 3 aromatic heterocycles. The average Bonchev–Trinajstić information content (AvgIpc) is 3.22. The standard InChI is InChI=1S/C25H26N4OS/c1-17(18-6-3-2-4-7-18)28-25-29-22-10-9-20(15-24(22)31-25)30-21-11-13-27-23(14-21)19-8-5-12-26-16-19/h5,8-18H,2-4,6-7H2,1H3,(H,28,29)/t17-/m0/s1. The van der Waals surface area contributed by atoms with Gasteiger partial charge < -0.3 is 10.1 Å². The molecule has 0 unspecified atom stereocenters. The van der Waals surface area contributed by atoms with Crippen LogP contribution in [-0.2, 0) is 0 Å². The summed E-state index contributed by atoms with van der Waals surface area (Å²) in [5, 5.41) is 4.64. The Kier molecular flexibility index (Phi) is 5.80. The van der Waals surface area contributed by atoms with Crippen LogP contribution in [0.4, 0.5) is 5.13 Å². The molecule has 3 heterocycles. The molecule has 1 fully saturated rings. The fourth-order valence-electron chi connectivity index (χ4n) is 4.26. The van der Waals surface area contributed by atoms with E-state index >= 15 is 0 Å². The van der Waals surface area contributed by atoms with Crippen molar-refractivity contribution in [3.05, 3.63) is 61.1 Å². The van der Waals surface area contributed by atoms with Gasteiger partial charge in [0, 0.05) is 42.3 Å². The van der Waals surface area contributed by atoms with E-state index < -0.39 is 0 Å². The van der Waals surface area contributed by atoms with Crippen LogP contribution in [-0.4, -0.2) is 21.0 Å². The summed E-state index contributed by atoms with van der Waals surface area (Å²) in [6.07, 6.45) is 12.1. The monoisotopic (exact) mass is 430 g/mol. The normalized spacial score (nSPS) is 15.6. The number of hydrogen-bond acceptors (Lipinski definition) is 6. The molecule has 1 aliphatic rings. The molecule has 1 aromatic carbocycles. The summed E-state index contributed by atoms with van der Waals surface area (Å²) >= 11 is 1.69. The number of thiazole rings is 1.